The standard InChI is InChI=1S/C29H29Cl2NO6S/c1-3-4-24(29(34)35)32-26(19-7-11-21(30)12-8-19)27(20-9-13-22(31)14-10-20)38-25(28(32)33)17-18-5-15-23(16-6-18)39(2,36)37/h5-16,24-27H,3-4,17H2,1-2H3,(H,34,35)/t24?,25-,26+,27-/m0/s1. The van der Waals surface area contributed by atoms with Crippen LogP contribution in [-0.4, -0.2) is 48.7 Å². The second kappa shape index (κ2) is 12.1. The number of rotatable bonds is 9. The number of carbonyl (C=O) groups is 2. The molecule has 1 unspecified atom stereocenters. The molecule has 0 saturated carbocycles. The van der Waals surface area contributed by atoms with Gasteiger partial charge in [0.25, 0.3) is 5.91 Å². The number of hydrogen-bond donors (Lipinski definition) is 1. The number of morpholine rings is 1. The Morgan fingerprint density at radius 3 is 1.97 bits per heavy atom. The number of ether oxygens (including phenoxy) is 1. The van der Waals surface area contributed by atoms with Crippen molar-refractivity contribution in [3.8, 4) is 0 Å². The zero-order valence-electron chi connectivity index (χ0n) is 21.5. The second-order valence-corrected chi connectivity index (χ2v) is 12.5. The summed E-state index contributed by atoms with van der Waals surface area (Å²) in [6.45, 7) is 1.87. The Morgan fingerprint density at radius 2 is 1.49 bits per heavy atom. The molecular formula is C29H29Cl2NO6S. The highest BCUT2D eigenvalue weighted by Gasteiger charge is 2.48. The second-order valence-electron chi connectivity index (χ2n) is 9.60. The lowest BCUT2D eigenvalue weighted by molar-refractivity contribution is -0.184. The summed E-state index contributed by atoms with van der Waals surface area (Å²) in [5.41, 5.74) is 2.10. The van der Waals surface area contributed by atoms with E-state index < -0.39 is 46.0 Å². The van der Waals surface area contributed by atoms with E-state index in [-0.39, 0.29) is 17.7 Å². The molecule has 10 heteroatoms. The van der Waals surface area contributed by atoms with Crippen LogP contribution >= 0.6 is 23.2 Å². The lowest BCUT2D eigenvalue weighted by Gasteiger charge is -2.47. The van der Waals surface area contributed by atoms with Gasteiger partial charge in [0.15, 0.2) is 9.84 Å². The van der Waals surface area contributed by atoms with Crippen molar-refractivity contribution in [3.05, 3.63) is 99.5 Å². The Bertz CT molecular complexity index is 1430. The number of amides is 1. The molecule has 7 nitrogen and oxygen atoms in total. The van der Waals surface area contributed by atoms with E-state index >= 15 is 0 Å². The molecule has 0 aliphatic carbocycles. The lowest BCUT2D eigenvalue weighted by atomic mass is 9.88. The molecule has 3 aromatic rings. The summed E-state index contributed by atoms with van der Waals surface area (Å²) in [4.78, 5) is 28.2. The molecule has 1 N–H and O–H groups in total. The van der Waals surface area contributed by atoms with Crippen LogP contribution in [0.1, 0.15) is 48.6 Å². The van der Waals surface area contributed by atoms with Crippen molar-refractivity contribution in [2.45, 2.75) is 55.4 Å². The van der Waals surface area contributed by atoms with Gasteiger partial charge in [-0.3, -0.25) is 4.79 Å². The van der Waals surface area contributed by atoms with Crippen LogP contribution < -0.4 is 0 Å². The highest BCUT2D eigenvalue weighted by atomic mass is 35.5. The number of nitrogens with zero attached hydrogens (tertiary/aromatic N) is 1. The van der Waals surface area contributed by atoms with Crippen molar-refractivity contribution < 1.29 is 27.9 Å². The summed E-state index contributed by atoms with van der Waals surface area (Å²) in [5, 5.41) is 11.3. The van der Waals surface area contributed by atoms with Gasteiger partial charge in [0, 0.05) is 22.7 Å². The smallest absolute Gasteiger partial charge is 0.326 e. The number of hydrogen-bond acceptors (Lipinski definition) is 5. The van der Waals surface area contributed by atoms with Gasteiger partial charge in [-0.05, 0) is 59.5 Å². The van der Waals surface area contributed by atoms with E-state index in [1.165, 1.54) is 17.0 Å². The fraction of sp³-hybridized carbons (Fsp3) is 0.310. The normalized spacial score (nSPS) is 20.6. The molecule has 3 aromatic carbocycles. The molecule has 1 aliphatic rings. The molecule has 39 heavy (non-hydrogen) atoms. The zero-order chi connectivity index (χ0) is 28.3. The van der Waals surface area contributed by atoms with Gasteiger partial charge in [0.2, 0.25) is 0 Å². The van der Waals surface area contributed by atoms with Crippen LogP contribution in [0.15, 0.2) is 77.7 Å². The SMILES string of the molecule is CCCC(C(=O)O)N1C(=O)[C@H](Cc2ccc(S(C)(=O)=O)cc2)O[C@@H](c2ccc(Cl)cc2)[C@H]1c1ccc(Cl)cc1. The number of carboxylic acids is 1. The molecular weight excluding hydrogens is 561 g/mol. The third-order valence-corrected chi connectivity index (χ3v) is 8.43. The topological polar surface area (TPSA) is 101 Å². The minimum Gasteiger partial charge on any atom is -0.480 e. The van der Waals surface area contributed by atoms with E-state index in [1.54, 1.807) is 60.7 Å². The van der Waals surface area contributed by atoms with Crippen molar-refractivity contribution in [2.75, 3.05) is 6.26 Å². The summed E-state index contributed by atoms with van der Waals surface area (Å²) in [7, 11) is -3.38. The first-order valence-electron chi connectivity index (χ1n) is 12.5. The summed E-state index contributed by atoms with van der Waals surface area (Å²) in [5.74, 6) is -1.55. The average molecular weight is 591 g/mol. The Morgan fingerprint density at radius 1 is 0.949 bits per heavy atom. The number of carbonyl (C=O) groups excluding carboxylic acids is 1. The Kier molecular flexibility index (Phi) is 9.01. The molecule has 0 bridgehead atoms. The zero-order valence-corrected chi connectivity index (χ0v) is 23.8. The van der Waals surface area contributed by atoms with E-state index in [9.17, 15) is 23.1 Å². The highest BCUT2D eigenvalue weighted by molar-refractivity contribution is 7.90. The van der Waals surface area contributed by atoms with Crippen LogP contribution in [0.4, 0.5) is 0 Å². The van der Waals surface area contributed by atoms with Crippen molar-refractivity contribution >= 4 is 44.9 Å². The minimum absolute atomic E-state index is 0.134. The van der Waals surface area contributed by atoms with Crippen LogP contribution in [0.5, 0.6) is 0 Å². The van der Waals surface area contributed by atoms with E-state index in [0.717, 1.165) is 11.8 Å². The molecule has 1 saturated heterocycles. The summed E-state index contributed by atoms with van der Waals surface area (Å²) in [6, 6.07) is 18.4. The van der Waals surface area contributed by atoms with Crippen molar-refractivity contribution in [3.63, 3.8) is 0 Å². The maximum absolute atomic E-state index is 14.1. The number of aliphatic carboxylic acids is 1. The molecule has 0 spiro atoms. The van der Waals surface area contributed by atoms with Gasteiger partial charge in [-0.15, -0.1) is 0 Å². The maximum Gasteiger partial charge on any atom is 0.326 e. The molecule has 0 aromatic heterocycles. The summed E-state index contributed by atoms with van der Waals surface area (Å²) < 4.78 is 30.3. The van der Waals surface area contributed by atoms with Crippen LogP contribution in [0.3, 0.4) is 0 Å². The van der Waals surface area contributed by atoms with Gasteiger partial charge in [-0.25, -0.2) is 13.2 Å². The van der Waals surface area contributed by atoms with Crippen LogP contribution in [-0.2, 0) is 30.6 Å². The monoisotopic (exact) mass is 589 g/mol. The molecule has 206 valence electrons. The predicted octanol–water partition coefficient (Wildman–Crippen LogP) is 5.90. The van der Waals surface area contributed by atoms with Gasteiger partial charge in [0.1, 0.15) is 18.2 Å². The average Bonchev–Trinajstić information content (AvgIpc) is 2.89. The van der Waals surface area contributed by atoms with Gasteiger partial charge in [0.05, 0.1) is 10.9 Å². The third-order valence-electron chi connectivity index (χ3n) is 6.79. The molecule has 1 amide bonds. The predicted molar refractivity (Wildman–Crippen MR) is 150 cm³/mol. The van der Waals surface area contributed by atoms with Gasteiger partial charge in [-0.1, -0.05) is 72.9 Å². The van der Waals surface area contributed by atoms with Crippen LogP contribution in [0, 0.1) is 0 Å². The minimum atomic E-state index is -3.38. The Labute approximate surface area is 238 Å². The molecule has 1 fully saturated rings. The van der Waals surface area contributed by atoms with E-state index in [1.807, 2.05) is 6.92 Å². The molecule has 0 radical (unpaired) electrons. The van der Waals surface area contributed by atoms with Crippen LogP contribution in [0.2, 0.25) is 10.0 Å². The fourth-order valence-electron chi connectivity index (χ4n) is 4.89. The summed E-state index contributed by atoms with van der Waals surface area (Å²) >= 11 is 12.3. The fourth-order valence-corrected chi connectivity index (χ4v) is 5.77. The lowest BCUT2D eigenvalue weighted by Crippen LogP contribution is -2.57. The Balaban J connectivity index is 1.82. The van der Waals surface area contributed by atoms with Crippen LogP contribution in [0.25, 0.3) is 0 Å². The number of sulfone groups is 1. The van der Waals surface area contributed by atoms with Gasteiger partial charge >= 0.3 is 5.97 Å². The molecule has 1 aliphatic heterocycles. The van der Waals surface area contributed by atoms with Crippen molar-refractivity contribution in [1.82, 2.24) is 4.90 Å². The largest absolute Gasteiger partial charge is 0.480 e. The Hall–Kier alpha value is -2.91. The molecule has 4 rings (SSSR count). The van der Waals surface area contributed by atoms with Crippen molar-refractivity contribution in [2.24, 2.45) is 0 Å². The molecule has 4 atom stereocenters. The van der Waals surface area contributed by atoms with Gasteiger partial charge < -0.3 is 14.7 Å². The first-order chi connectivity index (χ1) is 18.5. The molecule has 1 heterocycles. The van der Waals surface area contributed by atoms with Gasteiger partial charge in [-0.2, -0.15) is 0 Å². The van der Waals surface area contributed by atoms with E-state index in [4.69, 9.17) is 27.9 Å². The van der Waals surface area contributed by atoms with E-state index in [2.05, 4.69) is 0 Å². The van der Waals surface area contributed by atoms with E-state index in [0.29, 0.717) is 27.6 Å². The summed E-state index contributed by atoms with van der Waals surface area (Å²) in [6.07, 6.45) is 0.361. The first-order valence-corrected chi connectivity index (χ1v) is 15.1. The quantitative estimate of drug-likeness (QED) is 0.333. The number of benzene rings is 3. The highest BCUT2D eigenvalue weighted by Crippen LogP contribution is 2.44. The number of halogens is 2. The third kappa shape index (κ3) is 6.64. The van der Waals surface area contributed by atoms with Crippen molar-refractivity contribution in [1.29, 1.82) is 0 Å². The maximum atomic E-state index is 14.1. The number of carboxylic acid groups (broad SMARTS) is 1. The first kappa shape index (κ1) is 29.1.